The molecule has 0 radical (unpaired) electrons. The normalized spacial score (nSPS) is 18.1. The molecule has 2 rings (SSSR count). The lowest BCUT2D eigenvalue weighted by molar-refractivity contribution is -0.215. The van der Waals surface area contributed by atoms with Crippen molar-refractivity contribution in [1.82, 2.24) is 0 Å². The Hall–Kier alpha value is -1.19. The molecule has 0 aliphatic carbocycles. The maximum atomic E-state index is 10.5. The number of carbonyl (C=O) groups is 1. The van der Waals surface area contributed by atoms with Crippen LogP contribution in [0.2, 0.25) is 0 Å². The molecule has 1 aromatic carbocycles. The summed E-state index contributed by atoms with van der Waals surface area (Å²) in [5, 5.41) is 0. The summed E-state index contributed by atoms with van der Waals surface area (Å²) in [5.41, 5.74) is 0.757. The Labute approximate surface area is 89.0 Å². The maximum absolute atomic E-state index is 10.5. The Bertz CT molecular complexity index is 317. The van der Waals surface area contributed by atoms with Crippen LogP contribution in [-0.2, 0) is 20.9 Å². The first-order valence-electron chi connectivity index (χ1n) is 5.04. The van der Waals surface area contributed by atoms with Gasteiger partial charge in [-0.15, -0.1) is 0 Å². The second-order valence-corrected chi connectivity index (χ2v) is 3.82. The van der Waals surface area contributed by atoms with Gasteiger partial charge in [0.05, 0.1) is 19.8 Å². The lowest BCUT2D eigenvalue weighted by atomic mass is 9.98. The molecule has 0 N–H and O–H groups in total. The van der Waals surface area contributed by atoms with Crippen LogP contribution in [-0.4, -0.2) is 25.1 Å². The topological polar surface area (TPSA) is 35.5 Å². The molecule has 1 aliphatic heterocycles. The van der Waals surface area contributed by atoms with Crippen LogP contribution >= 0.6 is 0 Å². The Morgan fingerprint density at radius 3 is 2.60 bits per heavy atom. The Morgan fingerprint density at radius 1 is 1.33 bits per heavy atom. The standard InChI is InChI=1S/C12H14O3/c13-7-6-12(9-14-10-12)15-8-11-4-2-1-3-5-11/h1-5,7H,6,8-10H2. The number of aldehydes is 1. The molecule has 0 atom stereocenters. The first-order valence-corrected chi connectivity index (χ1v) is 5.04. The minimum atomic E-state index is -0.364. The summed E-state index contributed by atoms with van der Waals surface area (Å²) < 4.78 is 10.8. The lowest BCUT2D eigenvalue weighted by Gasteiger charge is -2.39. The molecule has 3 nitrogen and oxygen atoms in total. The third-order valence-electron chi connectivity index (χ3n) is 2.57. The number of hydrogen-bond acceptors (Lipinski definition) is 3. The fourth-order valence-corrected chi connectivity index (χ4v) is 1.55. The number of rotatable bonds is 5. The van der Waals surface area contributed by atoms with Gasteiger partial charge in [-0.3, -0.25) is 0 Å². The molecule has 15 heavy (non-hydrogen) atoms. The zero-order chi connectivity index (χ0) is 10.6. The van der Waals surface area contributed by atoms with Gasteiger partial charge in [0, 0.05) is 6.42 Å². The lowest BCUT2D eigenvalue weighted by Crippen LogP contribution is -2.52. The predicted molar refractivity (Wildman–Crippen MR) is 55.5 cm³/mol. The molecule has 0 saturated carbocycles. The molecule has 1 saturated heterocycles. The van der Waals surface area contributed by atoms with Crippen molar-refractivity contribution in [2.75, 3.05) is 13.2 Å². The highest BCUT2D eigenvalue weighted by atomic mass is 16.6. The van der Waals surface area contributed by atoms with Gasteiger partial charge in [0.1, 0.15) is 11.9 Å². The van der Waals surface area contributed by atoms with Gasteiger partial charge in [-0.25, -0.2) is 0 Å². The van der Waals surface area contributed by atoms with Crippen molar-refractivity contribution in [3.8, 4) is 0 Å². The summed E-state index contributed by atoms with van der Waals surface area (Å²) in [5.74, 6) is 0. The minimum Gasteiger partial charge on any atom is -0.375 e. The monoisotopic (exact) mass is 206 g/mol. The van der Waals surface area contributed by atoms with E-state index in [4.69, 9.17) is 9.47 Å². The summed E-state index contributed by atoms with van der Waals surface area (Å²) in [6.45, 7) is 1.59. The van der Waals surface area contributed by atoms with Crippen LogP contribution in [0.25, 0.3) is 0 Å². The van der Waals surface area contributed by atoms with Crippen molar-refractivity contribution >= 4 is 6.29 Å². The minimum absolute atomic E-state index is 0.364. The zero-order valence-electron chi connectivity index (χ0n) is 8.52. The third-order valence-corrected chi connectivity index (χ3v) is 2.57. The average Bonchev–Trinajstić information content (AvgIpc) is 2.23. The van der Waals surface area contributed by atoms with Crippen LogP contribution in [0.3, 0.4) is 0 Å². The van der Waals surface area contributed by atoms with E-state index in [2.05, 4.69) is 0 Å². The van der Waals surface area contributed by atoms with Gasteiger partial charge in [0.2, 0.25) is 0 Å². The Kier molecular flexibility index (Phi) is 3.14. The molecular weight excluding hydrogens is 192 g/mol. The SMILES string of the molecule is O=CCC1(OCc2ccccc2)COC1. The molecule has 0 unspecified atom stereocenters. The summed E-state index contributed by atoms with van der Waals surface area (Å²) >= 11 is 0. The van der Waals surface area contributed by atoms with Gasteiger partial charge >= 0.3 is 0 Å². The molecule has 3 heteroatoms. The number of carbonyl (C=O) groups excluding carboxylic acids is 1. The van der Waals surface area contributed by atoms with E-state index in [0.717, 1.165) is 11.8 Å². The second kappa shape index (κ2) is 4.55. The summed E-state index contributed by atoms with van der Waals surface area (Å²) in [7, 11) is 0. The molecule has 0 bridgehead atoms. The Morgan fingerprint density at radius 2 is 2.07 bits per heavy atom. The first kappa shape index (κ1) is 10.3. The molecule has 0 amide bonds. The van der Waals surface area contributed by atoms with Gasteiger partial charge in [0.15, 0.2) is 0 Å². The van der Waals surface area contributed by atoms with E-state index < -0.39 is 0 Å². The molecule has 80 valence electrons. The number of hydrogen-bond donors (Lipinski definition) is 0. The molecular formula is C12H14O3. The highest BCUT2D eigenvalue weighted by Gasteiger charge is 2.39. The number of ether oxygens (including phenoxy) is 2. The molecule has 1 aliphatic rings. The van der Waals surface area contributed by atoms with Crippen molar-refractivity contribution in [2.24, 2.45) is 0 Å². The maximum Gasteiger partial charge on any atom is 0.123 e. The fraction of sp³-hybridized carbons (Fsp3) is 0.417. The van der Waals surface area contributed by atoms with Gasteiger partial charge in [0.25, 0.3) is 0 Å². The van der Waals surface area contributed by atoms with Gasteiger partial charge in [-0.2, -0.15) is 0 Å². The van der Waals surface area contributed by atoms with E-state index in [1.54, 1.807) is 0 Å². The molecule has 0 spiro atoms. The summed E-state index contributed by atoms with van der Waals surface area (Å²) in [6.07, 6.45) is 1.31. The van der Waals surface area contributed by atoms with Crippen molar-refractivity contribution in [2.45, 2.75) is 18.6 Å². The summed E-state index contributed by atoms with van der Waals surface area (Å²) in [6, 6.07) is 9.93. The van der Waals surface area contributed by atoms with E-state index in [-0.39, 0.29) is 5.60 Å². The second-order valence-electron chi connectivity index (χ2n) is 3.82. The van der Waals surface area contributed by atoms with Crippen molar-refractivity contribution in [3.05, 3.63) is 35.9 Å². The number of benzene rings is 1. The molecule has 1 heterocycles. The third kappa shape index (κ3) is 2.43. The van der Waals surface area contributed by atoms with Crippen LogP contribution < -0.4 is 0 Å². The smallest absolute Gasteiger partial charge is 0.123 e. The van der Waals surface area contributed by atoms with Gasteiger partial charge in [-0.05, 0) is 5.56 Å². The molecule has 1 fully saturated rings. The van der Waals surface area contributed by atoms with E-state index in [1.165, 1.54) is 0 Å². The average molecular weight is 206 g/mol. The highest BCUT2D eigenvalue weighted by Crippen LogP contribution is 2.26. The van der Waals surface area contributed by atoms with E-state index in [9.17, 15) is 4.79 Å². The van der Waals surface area contributed by atoms with E-state index in [1.807, 2.05) is 30.3 Å². The van der Waals surface area contributed by atoms with Crippen LogP contribution in [0.4, 0.5) is 0 Å². The predicted octanol–water partition coefficient (Wildman–Crippen LogP) is 1.56. The molecule has 1 aromatic rings. The largest absolute Gasteiger partial charge is 0.375 e. The van der Waals surface area contributed by atoms with Crippen LogP contribution in [0, 0.1) is 0 Å². The highest BCUT2D eigenvalue weighted by molar-refractivity contribution is 5.51. The van der Waals surface area contributed by atoms with Crippen LogP contribution in [0.5, 0.6) is 0 Å². The van der Waals surface area contributed by atoms with Crippen LogP contribution in [0.15, 0.2) is 30.3 Å². The zero-order valence-corrected chi connectivity index (χ0v) is 8.52. The summed E-state index contributed by atoms with van der Waals surface area (Å²) in [4.78, 5) is 10.5. The van der Waals surface area contributed by atoms with Crippen LogP contribution in [0.1, 0.15) is 12.0 Å². The first-order chi connectivity index (χ1) is 7.35. The van der Waals surface area contributed by atoms with Gasteiger partial charge < -0.3 is 14.3 Å². The van der Waals surface area contributed by atoms with E-state index >= 15 is 0 Å². The van der Waals surface area contributed by atoms with E-state index in [0.29, 0.717) is 26.2 Å². The fourth-order valence-electron chi connectivity index (χ4n) is 1.55. The van der Waals surface area contributed by atoms with Crippen molar-refractivity contribution < 1.29 is 14.3 Å². The quantitative estimate of drug-likeness (QED) is 0.686. The molecule has 0 aromatic heterocycles. The Balaban J connectivity index is 1.89. The van der Waals surface area contributed by atoms with Crippen molar-refractivity contribution in [3.63, 3.8) is 0 Å². The van der Waals surface area contributed by atoms with Crippen molar-refractivity contribution in [1.29, 1.82) is 0 Å². The van der Waals surface area contributed by atoms with Gasteiger partial charge in [-0.1, -0.05) is 30.3 Å².